The van der Waals surface area contributed by atoms with Crippen LogP contribution in [0.15, 0.2) is 4.99 Å². The van der Waals surface area contributed by atoms with Gasteiger partial charge in [-0.15, -0.1) is 24.0 Å². The zero-order valence-electron chi connectivity index (χ0n) is 13.5. The summed E-state index contributed by atoms with van der Waals surface area (Å²) in [5, 5.41) is 3.15. The van der Waals surface area contributed by atoms with Crippen molar-refractivity contribution in [2.24, 2.45) is 10.7 Å². The minimum absolute atomic E-state index is 0. The molecule has 3 N–H and O–H groups in total. The SMILES string of the molecule is CCCCCCNC(N)=NCC1COC2(CCOCC2)O1.I. The number of hydrogen-bond acceptors (Lipinski definition) is 4. The third-order valence-corrected chi connectivity index (χ3v) is 3.97. The van der Waals surface area contributed by atoms with Gasteiger partial charge < -0.3 is 25.3 Å². The zero-order chi connectivity index (χ0) is 15.0. The van der Waals surface area contributed by atoms with Crippen LogP contribution >= 0.6 is 24.0 Å². The number of halogens is 1. The predicted octanol–water partition coefficient (Wildman–Crippen LogP) is 2.01. The van der Waals surface area contributed by atoms with Crippen LogP contribution in [0, 0.1) is 0 Å². The van der Waals surface area contributed by atoms with Gasteiger partial charge in [0.05, 0.1) is 26.4 Å². The predicted molar refractivity (Wildman–Crippen MR) is 97.7 cm³/mol. The van der Waals surface area contributed by atoms with E-state index in [1.807, 2.05) is 0 Å². The van der Waals surface area contributed by atoms with E-state index in [9.17, 15) is 0 Å². The minimum atomic E-state index is -0.430. The monoisotopic (exact) mass is 427 g/mol. The van der Waals surface area contributed by atoms with Gasteiger partial charge in [0.2, 0.25) is 0 Å². The molecule has 0 saturated carbocycles. The molecule has 130 valence electrons. The Balaban J connectivity index is 0.00000242. The second-order valence-electron chi connectivity index (χ2n) is 5.79. The first-order valence-corrected chi connectivity index (χ1v) is 8.17. The summed E-state index contributed by atoms with van der Waals surface area (Å²) in [7, 11) is 0. The van der Waals surface area contributed by atoms with Crippen LogP contribution in [0.5, 0.6) is 0 Å². The van der Waals surface area contributed by atoms with Crippen molar-refractivity contribution in [3.05, 3.63) is 0 Å². The summed E-state index contributed by atoms with van der Waals surface area (Å²) in [5.74, 6) is 0.0730. The first kappa shape index (κ1) is 19.9. The molecule has 2 fully saturated rings. The molecule has 2 aliphatic rings. The van der Waals surface area contributed by atoms with Gasteiger partial charge in [0.15, 0.2) is 11.7 Å². The Kier molecular flexibility index (Phi) is 9.62. The molecular weight excluding hydrogens is 397 g/mol. The molecule has 2 aliphatic heterocycles. The average molecular weight is 427 g/mol. The number of rotatable bonds is 7. The zero-order valence-corrected chi connectivity index (χ0v) is 15.8. The lowest BCUT2D eigenvalue weighted by Gasteiger charge is -2.31. The standard InChI is InChI=1S/C15H29N3O3.HI/c1-2-3-4-5-8-17-14(16)18-11-13-12-20-15(21-13)6-9-19-10-7-15;/h13H,2-12H2,1H3,(H3,16,17,18);1H. The van der Waals surface area contributed by atoms with E-state index in [0.29, 0.717) is 32.3 Å². The van der Waals surface area contributed by atoms with E-state index in [0.717, 1.165) is 25.8 Å². The van der Waals surface area contributed by atoms with Crippen molar-refractivity contribution in [3.8, 4) is 0 Å². The molecule has 1 spiro atoms. The van der Waals surface area contributed by atoms with Gasteiger partial charge >= 0.3 is 0 Å². The third-order valence-electron chi connectivity index (χ3n) is 3.97. The van der Waals surface area contributed by atoms with Crippen LogP contribution in [0.4, 0.5) is 0 Å². The van der Waals surface area contributed by atoms with Gasteiger partial charge in [0.25, 0.3) is 0 Å². The lowest BCUT2D eigenvalue weighted by atomic mass is 10.1. The van der Waals surface area contributed by atoms with Crippen LogP contribution in [0.25, 0.3) is 0 Å². The van der Waals surface area contributed by atoms with Gasteiger partial charge in [0, 0.05) is 19.4 Å². The molecule has 2 rings (SSSR count). The highest BCUT2D eigenvalue weighted by molar-refractivity contribution is 14.0. The molecular formula is C15H30IN3O3. The van der Waals surface area contributed by atoms with Crippen molar-refractivity contribution in [2.75, 3.05) is 32.9 Å². The number of nitrogens with two attached hydrogens (primary N) is 1. The van der Waals surface area contributed by atoms with Gasteiger partial charge in [-0.1, -0.05) is 26.2 Å². The fourth-order valence-electron chi connectivity index (χ4n) is 2.68. The highest BCUT2D eigenvalue weighted by atomic mass is 127. The summed E-state index contributed by atoms with van der Waals surface area (Å²) >= 11 is 0. The van der Waals surface area contributed by atoms with Crippen molar-refractivity contribution in [2.45, 2.75) is 57.3 Å². The Morgan fingerprint density at radius 3 is 2.77 bits per heavy atom. The fourth-order valence-corrected chi connectivity index (χ4v) is 2.68. The Morgan fingerprint density at radius 1 is 1.27 bits per heavy atom. The van der Waals surface area contributed by atoms with Crippen LogP contribution in [0.2, 0.25) is 0 Å². The first-order chi connectivity index (χ1) is 10.2. The Morgan fingerprint density at radius 2 is 2.05 bits per heavy atom. The molecule has 0 radical (unpaired) electrons. The molecule has 0 aliphatic carbocycles. The van der Waals surface area contributed by atoms with Crippen molar-refractivity contribution in [1.82, 2.24) is 5.32 Å². The van der Waals surface area contributed by atoms with Crippen LogP contribution in [-0.2, 0) is 14.2 Å². The second kappa shape index (κ2) is 10.6. The van der Waals surface area contributed by atoms with Gasteiger partial charge in [-0.2, -0.15) is 0 Å². The van der Waals surface area contributed by atoms with Crippen LogP contribution in [-0.4, -0.2) is 50.8 Å². The first-order valence-electron chi connectivity index (χ1n) is 8.17. The van der Waals surface area contributed by atoms with E-state index in [-0.39, 0.29) is 30.1 Å². The number of ether oxygens (including phenoxy) is 3. The molecule has 6 nitrogen and oxygen atoms in total. The lowest BCUT2D eigenvalue weighted by Crippen LogP contribution is -2.38. The highest BCUT2D eigenvalue weighted by Crippen LogP contribution is 2.33. The van der Waals surface area contributed by atoms with E-state index in [1.165, 1.54) is 19.3 Å². The van der Waals surface area contributed by atoms with Gasteiger partial charge in [0.1, 0.15) is 6.10 Å². The summed E-state index contributed by atoms with van der Waals surface area (Å²) < 4.78 is 17.2. The molecule has 1 atom stereocenters. The summed E-state index contributed by atoms with van der Waals surface area (Å²) in [6.45, 7) is 5.65. The number of guanidine groups is 1. The topological polar surface area (TPSA) is 78.1 Å². The van der Waals surface area contributed by atoms with E-state index in [4.69, 9.17) is 19.9 Å². The van der Waals surface area contributed by atoms with Crippen LogP contribution < -0.4 is 11.1 Å². The van der Waals surface area contributed by atoms with Crippen molar-refractivity contribution >= 4 is 29.9 Å². The molecule has 2 heterocycles. The second-order valence-corrected chi connectivity index (χ2v) is 5.79. The summed E-state index contributed by atoms with van der Waals surface area (Å²) in [6, 6.07) is 0. The van der Waals surface area contributed by atoms with Gasteiger partial charge in [-0.05, 0) is 6.42 Å². The largest absolute Gasteiger partial charge is 0.381 e. The lowest BCUT2D eigenvalue weighted by molar-refractivity contribution is -0.210. The minimum Gasteiger partial charge on any atom is -0.381 e. The van der Waals surface area contributed by atoms with Crippen LogP contribution in [0.1, 0.15) is 45.4 Å². The molecule has 0 aromatic carbocycles. The molecule has 0 aromatic rings. The number of nitrogens with zero attached hydrogens (tertiary/aromatic N) is 1. The van der Waals surface area contributed by atoms with Crippen molar-refractivity contribution in [1.29, 1.82) is 0 Å². The van der Waals surface area contributed by atoms with Crippen LogP contribution in [0.3, 0.4) is 0 Å². The number of hydrogen-bond donors (Lipinski definition) is 2. The van der Waals surface area contributed by atoms with E-state index in [2.05, 4.69) is 17.2 Å². The quantitative estimate of drug-likeness (QED) is 0.281. The third kappa shape index (κ3) is 6.55. The maximum Gasteiger partial charge on any atom is 0.188 e. The molecule has 7 heteroatoms. The highest BCUT2D eigenvalue weighted by Gasteiger charge is 2.42. The van der Waals surface area contributed by atoms with E-state index in [1.54, 1.807) is 0 Å². The summed E-state index contributed by atoms with van der Waals surface area (Å²) in [4.78, 5) is 4.35. The molecule has 1 unspecified atom stereocenters. The molecule has 2 saturated heterocycles. The number of aliphatic imine (C=N–C) groups is 1. The van der Waals surface area contributed by atoms with E-state index < -0.39 is 5.79 Å². The summed E-state index contributed by atoms with van der Waals surface area (Å²) in [6.07, 6.45) is 6.50. The normalized spacial score (nSPS) is 24.2. The maximum absolute atomic E-state index is 6.01. The molecule has 0 bridgehead atoms. The number of nitrogens with one attached hydrogen (secondary N) is 1. The average Bonchev–Trinajstić information content (AvgIpc) is 2.88. The molecule has 0 amide bonds. The Labute approximate surface area is 150 Å². The van der Waals surface area contributed by atoms with Gasteiger partial charge in [-0.3, -0.25) is 4.99 Å². The van der Waals surface area contributed by atoms with Gasteiger partial charge in [-0.25, -0.2) is 0 Å². The van der Waals surface area contributed by atoms with Crippen molar-refractivity contribution < 1.29 is 14.2 Å². The van der Waals surface area contributed by atoms with Crippen molar-refractivity contribution in [3.63, 3.8) is 0 Å². The summed E-state index contributed by atoms with van der Waals surface area (Å²) in [5.41, 5.74) is 5.86. The Bertz CT molecular complexity index is 336. The number of unbranched alkanes of at least 4 members (excludes halogenated alkanes) is 3. The molecule has 0 aromatic heterocycles. The Hall–Kier alpha value is -0.120. The maximum atomic E-state index is 6.01. The smallest absolute Gasteiger partial charge is 0.188 e. The molecule has 22 heavy (non-hydrogen) atoms. The van der Waals surface area contributed by atoms with E-state index >= 15 is 0 Å². The fraction of sp³-hybridized carbons (Fsp3) is 0.933.